The number of esters is 1. The second-order valence-electron chi connectivity index (χ2n) is 6.75. The molecule has 0 saturated carbocycles. The van der Waals surface area contributed by atoms with E-state index in [-0.39, 0.29) is 12.6 Å². The quantitative estimate of drug-likeness (QED) is 0.301. The zero-order valence-corrected chi connectivity index (χ0v) is 16.0. The van der Waals surface area contributed by atoms with Gasteiger partial charge in [0, 0.05) is 0 Å². The topological polar surface area (TPSA) is 26.3 Å². The van der Waals surface area contributed by atoms with Crippen LogP contribution in [-0.2, 0) is 11.3 Å². The van der Waals surface area contributed by atoms with Gasteiger partial charge in [-0.1, -0.05) is 103 Å². The number of rotatable bonds is 6. The molecular formula is C27H21O2. The van der Waals surface area contributed by atoms with Crippen molar-refractivity contribution in [1.29, 1.82) is 0 Å². The third-order valence-corrected chi connectivity index (χ3v) is 4.75. The van der Waals surface area contributed by atoms with Crippen LogP contribution in [0.4, 0.5) is 0 Å². The Labute approximate surface area is 171 Å². The molecule has 4 rings (SSSR count). The van der Waals surface area contributed by atoms with E-state index in [4.69, 9.17) is 4.74 Å². The molecule has 0 heterocycles. The van der Waals surface area contributed by atoms with Crippen LogP contribution in [0.25, 0.3) is 0 Å². The number of benzene rings is 4. The summed E-state index contributed by atoms with van der Waals surface area (Å²) in [5, 5.41) is 0. The van der Waals surface area contributed by atoms with Gasteiger partial charge in [0.15, 0.2) is 0 Å². The predicted molar refractivity (Wildman–Crippen MR) is 115 cm³/mol. The van der Waals surface area contributed by atoms with Crippen molar-refractivity contribution in [3.63, 3.8) is 0 Å². The first-order chi connectivity index (χ1) is 14.3. The highest BCUT2D eigenvalue weighted by atomic mass is 16.5. The molecule has 0 atom stereocenters. The van der Waals surface area contributed by atoms with Crippen LogP contribution in [-0.4, -0.2) is 5.97 Å². The molecule has 0 bridgehead atoms. The Morgan fingerprint density at radius 2 is 0.931 bits per heavy atom. The number of ether oxygens (including phenoxy) is 1. The Kier molecular flexibility index (Phi) is 5.82. The van der Waals surface area contributed by atoms with Crippen LogP contribution in [0.3, 0.4) is 0 Å². The van der Waals surface area contributed by atoms with Crippen molar-refractivity contribution in [2.24, 2.45) is 0 Å². The SMILES string of the molecule is O=C(OCc1ccccc1)c1ccc([C](c2ccccc2)c2ccccc2)cc1. The van der Waals surface area contributed by atoms with E-state index in [0.29, 0.717) is 5.56 Å². The molecule has 0 N–H and O–H groups in total. The largest absolute Gasteiger partial charge is 0.457 e. The van der Waals surface area contributed by atoms with Crippen molar-refractivity contribution in [3.05, 3.63) is 149 Å². The summed E-state index contributed by atoms with van der Waals surface area (Å²) in [5.74, 6) is 0.816. The molecule has 0 amide bonds. The van der Waals surface area contributed by atoms with Crippen LogP contribution in [0.1, 0.15) is 32.6 Å². The fraction of sp³-hybridized carbons (Fsp3) is 0.0370. The summed E-state index contributed by atoms with van der Waals surface area (Å²) in [6.07, 6.45) is 0. The van der Waals surface area contributed by atoms with E-state index >= 15 is 0 Å². The van der Waals surface area contributed by atoms with Gasteiger partial charge >= 0.3 is 5.97 Å². The monoisotopic (exact) mass is 377 g/mol. The van der Waals surface area contributed by atoms with E-state index in [9.17, 15) is 4.79 Å². The maximum atomic E-state index is 12.4. The van der Waals surface area contributed by atoms with Gasteiger partial charge in [-0.25, -0.2) is 4.79 Å². The lowest BCUT2D eigenvalue weighted by Gasteiger charge is -2.18. The molecular weight excluding hydrogens is 356 g/mol. The zero-order chi connectivity index (χ0) is 19.9. The van der Waals surface area contributed by atoms with E-state index < -0.39 is 0 Å². The van der Waals surface area contributed by atoms with Crippen molar-refractivity contribution < 1.29 is 9.53 Å². The summed E-state index contributed by atoms with van der Waals surface area (Å²) in [7, 11) is 0. The Morgan fingerprint density at radius 3 is 1.45 bits per heavy atom. The van der Waals surface area contributed by atoms with Crippen molar-refractivity contribution >= 4 is 5.97 Å². The summed E-state index contributed by atoms with van der Waals surface area (Å²) in [5.41, 5.74) is 4.85. The van der Waals surface area contributed by atoms with E-state index in [1.165, 1.54) is 0 Å². The standard InChI is InChI=1S/C27H21O2/c28-27(29-20-21-10-4-1-5-11-21)25-18-16-24(17-19-25)26(22-12-6-2-7-13-22)23-14-8-3-9-15-23/h1-19H,20H2. The highest BCUT2D eigenvalue weighted by Crippen LogP contribution is 2.30. The second-order valence-corrected chi connectivity index (χ2v) is 6.75. The maximum Gasteiger partial charge on any atom is 0.338 e. The summed E-state index contributed by atoms with van der Waals surface area (Å²) in [4.78, 5) is 12.4. The van der Waals surface area contributed by atoms with Crippen LogP contribution in [0.5, 0.6) is 0 Å². The normalized spacial score (nSPS) is 10.7. The van der Waals surface area contributed by atoms with E-state index in [1.807, 2.05) is 91.0 Å². The third kappa shape index (κ3) is 4.61. The molecule has 0 saturated heterocycles. The fourth-order valence-corrected chi connectivity index (χ4v) is 3.29. The fourth-order valence-electron chi connectivity index (χ4n) is 3.29. The van der Waals surface area contributed by atoms with Crippen LogP contribution in [0.15, 0.2) is 115 Å². The highest BCUT2D eigenvalue weighted by Gasteiger charge is 2.18. The van der Waals surface area contributed by atoms with Gasteiger partial charge in [0.1, 0.15) is 6.61 Å². The lowest BCUT2D eigenvalue weighted by molar-refractivity contribution is 0.0472. The molecule has 4 aromatic rings. The van der Waals surface area contributed by atoms with E-state index in [0.717, 1.165) is 28.2 Å². The van der Waals surface area contributed by atoms with Crippen LogP contribution in [0.2, 0.25) is 0 Å². The van der Waals surface area contributed by atoms with Crippen LogP contribution < -0.4 is 0 Å². The van der Waals surface area contributed by atoms with Crippen molar-refractivity contribution in [3.8, 4) is 0 Å². The minimum Gasteiger partial charge on any atom is -0.457 e. The molecule has 29 heavy (non-hydrogen) atoms. The van der Waals surface area contributed by atoms with Gasteiger partial charge in [-0.3, -0.25) is 0 Å². The zero-order valence-electron chi connectivity index (χ0n) is 16.0. The Balaban J connectivity index is 1.55. The molecule has 1 radical (unpaired) electrons. The molecule has 0 aliphatic heterocycles. The first-order valence-electron chi connectivity index (χ1n) is 9.60. The second kappa shape index (κ2) is 9.03. The van der Waals surface area contributed by atoms with Gasteiger partial charge in [0.2, 0.25) is 0 Å². The van der Waals surface area contributed by atoms with Crippen LogP contribution >= 0.6 is 0 Å². The maximum absolute atomic E-state index is 12.4. The Hall–Kier alpha value is -3.65. The van der Waals surface area contributed by atoms with Gasteiger partial charge in [-0.2, -0.15) is 0 Å². The molecule has 0 unspecified atom stereocenters. The molecule has 0 spiro atoms. The lowest BCUT2D eigenvalue weighted by atomic mass is 9.85. The minimum absolute atomic E-state index is 0.271. The average Bonchev–Trinajstić information content (AvgIpc) is 2.80. The van der Waals surface area contributed by atoms with Gasteiger partial charge in [-0.05, 0) is 34.4 Å². The molecule has 0 fully saturated rings. The lowest BCUT2D eigenvalue weighted by Crippen LogP contribution is -2.07. The summed E-state index contributed by atoms with van der Waals surface area (Å²) < 4.78 is 5.44. The van der Waals surface area contributed by atoms with Crippen LogP contribution in [0, 0.1) is 5.92 Å². The molecule has 2 nitrogen and oxygen atoms in total. The molecule has 2 heteroatoms. The Bertz CT molecular complexity index is 1000. The molecule has 141 valence electrons. The van der Waals surface area contributed by atoms with Crippen molar-refractivity contribution in [1.82, 2.24) is 0 Å². The smallest absolute Gasteiger partial charge is 0.338 e. The van der Waals surface area contributed by atoms with E-state index in [1.54, 1.807) is 0 Å². The number of carbonyl (C=O) groups excluding carboxylic acids is 1. The molecule has 0 aliphatic carbocycles. The molecule has 0 aromatic heterocycles. The summed E-state index contributed by atoms with van der Waals surface area (Å²) in [6, 6.07) is 37.9. The molecule has 4 aromatic carbocycles. The first-order valence-corrected chi connectivity index (χ1v) is 9.60. The number of hydrogen-bond donors (Lipinski definition) is 0. The van der Waals surface area contributed by atoms with Gasteiger partial charge < -0.3 is 4.74 Å². The minimum atomic E-state index is -0.318. The van der Waals surface area contributed by atoms with E-state index in [2.05, 4.69) is 24.3 Å². The van der Waals surface area contributed by atoms with Gasteiger partial charge in [0.25, 0.3) is 0 Å². The first kappa shape index (κ1) is 18.7. The predicted octanol–water partition coefficient (Wildman–Crippen LogP) is 6.06. The highest BCUT2D eigenvalue weighted by molar-refractivity contribution is 5.89. The van der Waals surface area contributed by atoms with Crippen molar-refractivity contribution in [2.75, 3.05) is 0 Å². The molecule has 0 aliphatic rings. The number of carbonyl (C=O) groups is 1. The summed E-state index contributed by atoms with van der Waals surface area (Å²) >= 11 is 0. The Morgan fingerprint density at radius 1 is 0.517 bits per heavy atom. The number of hydrogen-bond acceptors (Lipinski definition) is 2. The van der Waals surface area contributed by atoms with Crippen molar-refractivity contribution in [2.45, 2.75) is 6.61 Å². The third-order valence-electron chi connectivity index (χ3n) is 4.75. The average molecular weight is 377 g/mol. The van der Waals surface area contributed by atoms with Gasteiger partial charge in [-0.15, -0.1) is 0 Å². The van der Waals surface area contributed by atoms with Gasteiger partial charge in [0.05, 0.1) is 11.5 Å². The summed E-state index contributed by atoms with van der Waals surface area (Å²) in [6.45, 7) is 0.271.